The maximum atomic E-state index is 11.5. The number of nitrogens with zero attached hydrogens (tertiary/aromatic N) is 3. The van der Waals surface area contributed by atoms with Crippen LogP contribution in [-0.4, -0.2) is 48.2 Å². The van der Waals surface area contributed by atoms with Crippen LogP contribution in [0.15, 0.2) is 48.8 Å². The van der Waals surface area contributed by atoms with Gasteiger partial charge in [0.05, 0.1) is 39.5 Å². The molecule has 0 spiro atoms. The Morgan fingerprint density at radius 2 is 0.933 bits per heavy atom. The predicted octanol–water partition coefficient (Wildman–Crippen LogP) is 3.20. The second kappa shape index (κ2) is 10.9. The SMILES string of the molecule is O=C(O)c1ccnc(-c2cc(C(=O)O)cc(-c3cc(C(=O)O)ccn3)n2)c1.[CH3-].[CH3-].[Ru+2]. The Morgan fingerprint density at radius 1 is 0.600 bits per heavy atom. The van der Waals surface area contributed by atoms with Crippen LogP contribution in [0.2, 0.25) is 0 Å². The van der Waals surface area contributed by atoms with Crippen molar-refractivity contribution in [3.63, 3.8) is 0 Å². The number of hydrogen-bond donors (Lipinski definition) is 3. The number of hydrogen-bond acceptors (Lipinski definition) is 6. The molecular weight excluding hydrogens is 479 g/mol. The molecule has 0 aliphatic heterocycles. The van der Waals surface area contributed by atoms with E-state index in [1.165, 1.54) is 48.8 Å². The zero-order valence-electron chi connectivity index (χ0n) is 15.9. The zero-order valence-corrected chi connectivity index (χ0v) is 17.6. The molecule has 0 aromatic carbocycles. The van der Waals surface area contributed by atoms with Crippen LogP contribution in [0.5, 0.6) is 0 Å². The molecule has 0 unspecified atom stereocenters. The van der Waals surface area contributed by atoms with Gasteiger partial charge in [0, 0.05) is 12.4 Å². The Hall–Kier alpha value is -3.52. The Bertz CT molecular complexity index is 1010. The molecular formula is C20H17N3O6Ru. The van der Waals surface area contributed by atoms with Crippen molar-refractivity contribution in [2.24, 2.45) is 0 Å². The summed E-state index contributed by atoms with van der Waals surface area (Å²) < 4.78 is 0. The molecule has 156 valence electrons. The summed E-state index contributed by atoms with van der Waals surface area (Å²) in [7, 11) is 0. The summed E-state index contributed by atoms with van der Waals surface area (Å²) in [6, 6.07) is 7.63. The largest absolute Gasteiger partial charge is 2.00 e. The van der Waals surface area contributed by atoms with Gasteiger partial charge in [-0.3, -0.25) is 9.97 Å². The summed E-state index contributed by atoms with van der Waals surface area (Å²) in [5, 5.41) is 27.6. The number of pyridine rings is 3. The Morgan fingerprint density at radius 3 is 1.27 bits per heavy atom. The van der Waals surface area contributed by atoms with E-state index in [4.69, 9.17) is 10.2 Å². The number of carbonyl (C=O) groups is 3. The third-order valence-corrected chi connectivity index (χ3v) is 3.61. The van der Waals surface area contributed by atoms with E-state index in [-0.39, 0.29) is 73.8 Å². The van der Waals surface area contributed by atoms with Crippen LogP contribution in [0.3, 0.4) is 0 Å². The minimum atomic E-state index is -1.23. The second-order valence-corrected chi connectivity index (χ2v) is 5.40. The van der Waals surface area contributed by atoms with Crippen molar-refractivity contribution in [1.82, 2.24) is 15.0 Å². The first kappa shape index (κ1) is 26.5. The third kappa shape index (κ3) is 5.74. The van der Waals surface area contributed by atoms with Crippen LogP contribution < -0.4 is 0 Å². The van der Waals surface area contributed by atoms with Crippen molar-refractivity contribution in [2.45, 2.75) is 0 Å². The summed E-state index contributed by atoms with van der Waals surface area (Å²) in [4.78, 5) is 46.1. The molecule has 0 fully saturated rings. The van der Waals surface area contributed by atoms with Crippen LogP contribution in [0.1, 0.15) is 31.1 Å². The van der Waals surface area contributed by atoms with Gasteiger partial charge in [-0.1, -0.05) is 0 Å². The molecule has 0 aliphatic rings. The average molecular weight is 496 g/mol. The minimum Gasteiger partial charge on any atom is -0.478 e. The number of carboxylic acid groups (broad SMARTS) is 3. The molecule has 0 amide bonds. The smallest absolute Gasteiger partial charge is 0.478 e. The molecule has 3 N–H and O–H groups in total. The molecule has 10 heteroatoms. The Labute approximate surface area is 185 Å². The first-order valence-electron chi connectivity index (χ1n) is 7.50. The van der Waals surface area contributed by atoms with Crippen LogP contribution in [0.4, 0.5) is 0 Å². The van der Waals surface area contributed by atoms with Crippen molar-refractivity contribution in [2.75, 3.05) is 0 Å². The molecule has 3 heterocycles. The summed E-state index contributed by atoms with van der Waals surface area (Å²) >= 11 is 0. The number of aromatic carboxylic acids is 3. The van der Waals surface area contributed by atoms with Crippen LogP contribution in [-0.2, 0) is 19.5 Å². The van der Waals surface area contributed by atoms with E-state index < -0.39 is 17.9 Å². The fourth-order valence-corrected chi connectivity index (χ4v) is 2.32. The van der Waals surface area contributed by atoms with Gasteiger partial charge in [-0.25, -0.2) is 19.4 Å². The first-order chi connectivity index (χ1) is 12.8. The minimum absolute atomic E-state index is 0. The standard InChI is InChI=1S/C18H11N3O6.2CH3.Ru/c22-16(23)9-1-3-19-12(5-9)14-7-11(18(26)27)8-15(21-14)13-6-10(17(24)25)2-4-20-13;;;/h1-8H,(H,22,23)(H,24,25)(H,26,27);2*1H3;/q;2*-1;+2. The topological polar surface area (TPSA) is 151 Å². The van der Waals surface area contributed by atoms with E-state index in [1.807, 2.05) is 0 Å². The van der Waals surface area contributed by atoms with E-state index in [1.54, 1.807) is 0 Å². The van der Waals surface area contributed by atoms with E-state index in [2.05, 4.69) is 15.0 Å². The van der Waals surface area contributed by atoms with Gasteiger partial charge < -0.3 is 30.2 Å². The fourth-order valence-electron chi connectivity index (χ4n) is 2.32. The molecule has 0 atom stereocenters. The number of rotatable bonds is 5. The fraction of sp³-hybridized carbons (Fsp3) is 0. The normalized spacial score (nSPS) is 9.33. The molecule has 0 bridgehead atoms. The van der Waals surface area contributed by atoms with Gasteiger partial charge >= 0.3 is 37.4 Å². The van der Waals surface area contributed by atoms with Crippen LogP contribution >= 0.6 is 0 Å². The maximum Gasteiger partial charge on any atom is 2.00 e. The van der Waals surface area contributed by atoms with Gasteiger partial charge in [-0.05, 0) is 36.4 Å². The predicted molar refractivity (Wildman–Crippen MR) is 104 cm³/mol. The van der Waals surface area contributed by atoms with Gasteiger partial charge in [0.15, 0.2) is 0 Å². The van der Waals surface area contributed by atoms with Gasteiger partial charge in [0.2, 0.25) is 0 Å². The number of carboxylic acids is 3. The molecule has 0 aliphatic carbocycles. The molecule has 3 aromatic rings. The maximum absolute atomic E-state index is 11.5. The van der Waals surface area contributed by atoms with Gasteiger partial charge in [-0.2, -0.15) is 0 Å². The summed E-state index contributed by atoms with van der Waals surface area (Å²) in [5.41, 5.74) is 0.374. The molecule has 0 saturated heterocycles. The molecule has 0 radical (unpaired) electrons. The molecule has 3 aromatic heterocycles. The molecule has 30 heavy (non-hydrogen) atoms. The van der Waals surface area contributed by atoms with Gasteiger partial charge in [-0.15, -0.1) is 0 Å². The summed E-state index contributed by atoms with van der Waals surface area (Å²) in [5.74, 6) is -3.56. The molecule has 9 nitrogen and oxygen atoms in total. The first-order valence-corrected chi connectivity index (χ1v) is 7.50. The van der Waals surface area contributed by atoms with E-state index in [9.17, 15) is 19.5 Å². The van der Waals surface area contributed by atoms with E-state index >= 15 is 0 Å². The average Bonchev–Trinajstić information content (AvgIpc) is 2.67. The summed E-state index contributed by atoms with van der Waals surface area (Å²) in [6.07, 6.45) is 2.55. The van der Waals surface area contributed by atoms with Crippen molar-refractivity contribution in [3.8, 4) is 22.8 Å². The Kier molecular flexibility index (Phi) is 9.60. The quantitative estimate of drug-likeness (QED) is 0.357. The van der Waals surface area contributed by atoms with Crippen molar-refractivity contribution >= 4 is 17.9 Å². The van der Waals surface area contributed by atoms with E-state index in [0.29, 0.717) is 0 Å². The number of aromatic nitrogens is 3. The second-order valence-electron chi connectivity index (χ2n) is 5.40. The van der Waals surface area contributed by atoms with Crippen molar-refractivity contribution in [1.29, 1.82) is 0 Å². The van der Waals surface area contributed by atoms with E-state index in [0.717, 1.165) is 0 Å². The summed E-state index contributed by atoms with van der Waals surface area (Å²) in [6.45, 7) is 0. The molecule has 3 rings (SSSR count). The van der Waals surface area contributed by atoms with Crippen molar-refractivity contribution in [3.05, 3.63) is 80.3 Å². The monoisotopic (exact) mass is 497 g/mol. The van der Waals surface area contributed by atoms with Gasteiger partial charge in [0.25, 0.3) is 0 Å². The third-order valence-electron chi connectivity index (χ3n) is 3.61. The molecule has 0 saturated carbocycles. The van der Waals surface area contributed by atoms with Gasteiger partial charge in [0.1, 0.15) is 0 Å². The van der Waals surface area contributed by atoms with Crippen LogP contribution in [0.25, 0.3) is 22.8 Å². The van der Waals surface area contributed by atoms with Crippen LogP contribution in [0, 0.1) is 14.9 Å². The Balaban J connectivity index is 0.00000280. The zero-order chi connectivity index (χ0) is 19.6. The van der Waals surface area contributed by atoms with Crippen molar-refractivity contribution < 1.29 is 49.2 Å².